The summed E-state index contributed by atoms with van der Waals surface area (Å²) in [6, 6.07) is 3.47. The summed E-state index contributed by atoms with van der Waals surface area (Å²) in [5, 5.41) is 3.06. The molecule has 0 aliphatic rings. The van der Waals surface area contributed by atoms with E-state index in [1.807, 2.05) is 6.07 Å². The van der Waals surface area contributed by atoms with Gasteiger partial charge < -0.3 is 9.73 Å². The van der Waals surface area contributed by atoms with E-state index in [1.165, 1.54) is 4.90 Å². The van der Waals surface area contributed by atoms with E-state index < -0.39 is 12.7 Å². The van der Waals surface area contributed by atoms with Crippen molar-refractivity contribution >= 4 is 0 Å². The summed E-state index contributed by atoms with van der Waals surface area (Å²) in [7, 11) is 0. The molecule has 18 heavy (non-hydrogen) atoms. The molecule has 0 radical (unpaired) electrons. The first-order valence-corrected chi connectivity index (χ1v) is 5.92. The van der Waals surface area contributed by atoms with Crippen molar-refractivity contribution in [3.63, 3.8) is 0 Å². The molecule has 0 unspecified atom stereocenters. The molecular formula is C12H19F3N2O. The van der Waals surface area contributed by atoms with Gasteiger partial charge in [0, 0.05) is 19.1 Å². The van der Waals surface area contributed by atoms with Crippen LogP contribution in [0.1, 0.15) is 19.6 Å². The fraction of sp³-hybridized carbons (Fsp3) is 0.667. The third-order valence-corrected chi connectivity index (χ3v) is 2.57. The van der Waals surface area contributed by atoms with Crippen LogP contribution in [0.5, 0.6) is 0 Å². The number of nitrogens with one attached hydrogen (secondary N) is 1. The van der Waals surface area contributed by atoms with Gasteiger partial charge in [0.2, 0.25) is 0 Å². The normalized spacial score (nSPS) is 12.6. The van der Waals surface area contributed by atoms with E-state index in [9.17, 15) is 13.2 Å². The van der Waals surface area contributed by atoms with Gasteiger partial charge in [0.1, 0.15) is 5.76 Å². The van der Waals surface area contributed by atoms with E-state index in [1.54, 1.807) is 26.2 Å². The maximum Gasteiger partial charge on any atom is 0.401 e. The average molecular weight is 264 g/mol. The Labute approximate surface area is 105 Å². The van der Waals surface area contributed by atoms with Crippen molar-refractivity contribution in [3.8, 4) is 0 Å². The smallest absolute Gasteiger partial charge is 0.401 e. The third kappa shape index (κ3) is 6.07. The van der Waals surface area contributed by atoms with Gasteiger partial charge in [0.05, 0.1) is 19.4 Å². The largest absolute Gasteiger partial charge is 0.468 e. The zero-order valence-corrected chi connectivity index (χ0v) is 10.6. The summed E-state index contributed by atoms with van der Waals surface area (Å²) in [5.74, 6) is 0.780. The van der Waals surface area contributed by atoms with Crippen molar-refractivity contribution < 1.29 is 17.6 Å². The number of rotatable bonds is 7. The third-order valence-electron chi connectivity index (χ3n) is 2.57. The summed E-state index contributed by atoms with van der Waals surface area (Å²) in [6.45, 7) is 4.04. The Morgan fingerprint density at radius 2 is 2.11 bits per heavy atom. The highest BCUT2D eigenvalue weighted by atomic mass is 19.4. The van der Waals surface area contributed by atoms with Crippen LogP contribution in [0.2, 0.25) is 0 Å². The minimum atomic E-state index is -4.15. The van der Waals surface area contributed by atoms with Crippen molar-refractivity contribution in [2.24, 2.45) is 0 Å². The van der Waals surface area contributed by atoms with Crippen LogP contribution < -0.4 is 5.32 Å². The summed E-state index contributed by atoms with van der Waals surface area (Å²) in [5.41, 5.74) is 0. The van der Waals surface area contributed by atoms with Gasteiger partial charge in [-0.1, -0.05) is 0 Å². The molecule has 0 bridgehead atoms. The second-order valence-corrected chi connectivity index (χ2v) is 4.44. The number of nitrogens with zero attached hydrogens (tertiary/aromatic N) is 1. The predicted octanol–water partition coefficient (Wildman–Crippen LogP) is 2.64. The lowest BCUT2D eigenvalue weighted by Crippen LogP contribution is -2.42. The molecule has 1 aromatic rings. The van der Waals surface area contributed by atoms with Crippen LogP contribution in [0.3, 0.4) is 0 Å². The quantitative estimate of drug-likeness (QED) is 0.767. The molecule has 0 aliphatic carbocycles. The van der Waals surface area contributed by atoms with E-state index in [4.69, 9.17) is 4.42 Å². The van der Waals surface area contributed by atoms with Crippen LogP contribution in [-0.4, -0.2) is 36.8 Å². The summed E-state index contributed by atoms with van der Waals surface area (Å²) in [4.78, 5) is 1.40. The Balaban J connectivity index is 2.25. The topological polar surface area (TPSA) is 28.4 Å². The average Bonchev–Trinajstić information content (AvgIpc) is 2.73. The van der Waals surface area contributed by atoms with Gasteiger partial charge in [-0.05, 0) is 26.0 Å². The number of furan rings is 1. The minimum absolute atomic E-state index is 0.128. The van der Waals surface area contributed by atoms with Crippen LogP contribution in [-0.2, 0) is 6.54 Å². The molecule has 0 amide bonds. The standard InChI is InChI=1S/C12H19F3N2O/c1-10(2)17(9-12(13,14)15)6-5-16-8-11-4-3-7-18-11/h3-4,7,10,16H,5-6,8-9H2,1-2H3. The fourth-order valence-electron chi connectivity index (χ4n) is 1.60. The van der Waals surface area contributed by atoms with Crippen LogP contribution in [0.15, 0.2) is 22.8 Å². The molecule has 0 aromatic carbocycles. The first-order valence-electron chi connectivity index (χ1n) is 5.92. The van der Waals surface area contributed by atoms with E-state index in [-0.39, 0.29) is 6.04 Å². The molecule has 3 nitrogen and oxygen atoms in total. The lowest BCUT2D eigenvalue weighted by atomic mass is 10.3. The summed E-state index contributed by atoms with van der Waals surface area (Å²) in [6.07, 6.45) is -2.58. The van der Waals surface area contributed by atoms with E-state index in [2.05, 4.69) is 5.32 Å². The molecule has 0 spiro atoms. The van der Waals surface area contributed by atoms with Gasteiger partial charge in [-0.15, -0.1) is 0 Å². The van der Waals surface area contributed by atoms with E-state index >= 15 is 0 Å². The molecule has 1 heterocycles. The second kappa shape index (κ2) is 6.80. The molecule has 0 atom stereocenters. The van der Waals surface area contributed by atoms with Crippen LogP contribution >= 0.6 is 0 Å². The van der Waals surface area contributed by atoms with Crippen molar-refractivity contribution in [2.45, 2.75) is 32.6 Å². The molecule has 1 rings (SSSR count). The SMILES string of the molecule is CC(C)N(CCNCc1ccco1)CC(F)(F)F. The zero-order valence-electron chi connectivity index (χ0n) is 10.6. The molecule has 0 aliphatic heterocycles. The predicted molar refractivity (Wildman–Crippen MR) is 63.2 cm³/mol. The lowest BCUT2D eigenvalue weighted by molar-refractivity contribution is -0.149. The minimum Gasteiger partial charge on any atom is -0.468 e. The fourth-order valence-corrected chi connectivity index (χ4v) is 1.60. The Kier molecular flexibility index (Phi) is 5.68. The Bertz CT molecular complexity index is 323. The first kappa shape index (κ1) is 15.0. The monoisotopic (exact) mass is 264 g/mol. The highest BCUT2D eigenvalue weighted by molar-refractivity contribution is 4.97. The maximum atomic E-state index is 12.3. The van der Waals surface area contributed by atoms with Gasteiger partial charge in [0.15, 0.2) is 0 Å². The Hall–Kier alpha value is -1.01. The number of hydrogen-bond acceptors (Lipinski definition) is 3. The molecule has 0 saturated carbocycles. The number of alkyl halides is 3. The van der Waals surface area contributed by atoms with E-state index in [0.717, 1.165) is 5.76 Å². The van der Waals surface area contributed by atoms with Crippen LogP contribution in [0.25, 0.3) is 0 Å². The van der Waals surface area contributed by atoms with Crippen molar-refractivity contribution in [2.75, 3.05) is 19.6 Å². The van der Waals surface area contributed by atoms with Crippen LogP contribution in [0, 0.1) is 0 Å². The van der Waals surface area contributed by atoms with Crippen molar-refractivity contribution in [1.29, 1.82) is 0 Å². The van der Waals surface area contributed by atoms with Gasteiger partial charge in [-0.25, -0.2) is 0 Å². The summed E-state index contributed by atoms with van der Waals surface area (Å²) >= 11 is 0. The maximum absolute atomic E-state index is 12.3. The molecule has 0 saturated heterocycles. The van der Waals surface area contributed by atoms with E-state index in [0.29, 0.717) is 19.6 Å². The van der Waals surface area contributed by atoms with Gasteiger partial charge in [0.25, 0.3) is 0 Å². The number of hydrogen-bond donors (Lipinski definition) is 1. The molecule has 6 heteroatoms. The zero-order chi connectivity index (χ0) is 13.6. The molecule has 104 valence electrons. The number of halogens is 3. The first-order chi connectivity index (χ1) is 8.38. The highest BCUT2D eigenvalue weighted by Crippen LogP contribution is 2.17. The Morgan fingerprint density at radius 3 is 2.61 bits per heavy atom. The van der Waals surface area contributed by atoms with Crippen molar-refractivity contribution in [3.05, 3.63) is 24.2 Å². The van der Waals surface area contributed by atoms with Crippen LogP contribution in [0.4, 0.5) is 13.2 Å². The Morgan fingerprint density at radius 1 is 1.39 bits per heavy atom. The van der Waals surface area contributed by atoms with Gasteiger partial charge in [-0.2, -0.15) is 13.2 Å². The molecule has 1 N–H and O–H groups in total. The molecule has 0 fully saturated rings. The lowest BCUT2D eigenvalue weighted by Gasteiger charge is -2.27. The second-order valence-electron chi connectivity index (χ2n) is 4.44. The highest BCUT2D eigenvalue weighted by Gasteiger charge is 2.31. The van der Waals surface area contributed by atoms with Crippen molar-refractivity contribution in [1.82, 2.24) is 10.2 Å². The van der Waals surface area contributed by atoms with Gasteiger partial charge >= 0.3 is 6.18 Å². The van der Waals surface area contributed by atoms with Gasteiger partial charge in [-0.3, -0.25) is 4.90 Å². The summed E-state index contributed by atoms with van der Waals surface area (Å²) < 4.78 is 42.1. The molecular weight excluding hydrogens is 245 g/mol. The molecule has 1 aromatic heterocycles.